The summed E-state index contributed by atoms with van der Waals surface area (Å²) in [5.41, 5.74) is 0.305. The standard InChI is InChI=1S/C15H32N2O2/c1-5-11-18-13-14-19-12-10-16-6-8-17(9-7-16)15(2,3)4/h5-14H2,1-4H3. The van der Waals surface area contributed by atoms with Crippen LogP contribution in [-0.2, 0) is 9.47 Å². The Morgan fingerprint density at radius 1 is 0.842 bits per heavy atom. The monoisotopic (exact) mass is 272 g/mol. The van der Waals surface area contributed by atoms with E-state index in [0.717, 1.165) is 52.5 Å². The van der Waals surface area contributed by atoms with Crippen molar-refractivity contribution in [1.82, 2.24) is 9.80 Å². The third-order valence-corrected chi connectivity index (χ3v) is 3.59. The van der Waals surface area contributed by atoms with E-state index in [9.17, 15) is 0 Å². The molecule has 1 rings (SSSR count). The molecule has 0 spiro atoms. The average molecular weight is 272 g/mol. The Hall–Kier alpha value is -0.160. The lowest BCUT2D eigenvalue weighted by Gasteiger charge is -2.42. The van der Waals surface area contributed by atoms with Crippen molar-refractivity contribution in [2.45, 2.75) is 39.7 Å². The van der Waals surface area contributed by atoms with Gasteiger partial charge in [0.25, 0.3) is 0 Å². The molecule has 1 fully saturated rings. The van der Waals surface area contributed by atoms with Crippen molar-refractivity contribution in [2.24, 2.45) is 0 Å². The van der Waals surface area contributed by atoms with E-state index >= 15 is 0 Å². The predicted octanol–water partition coefficient (Wildman–Crippen LogP) is 1.85. The van der Waals surface area contributed by atoms with Gasteiger partial charge in [-0.1, -0.05) is 6.92 Å². The Balaban J connectivity index is 1.98. The zero-order valence-corrected chi connectivity index (χ0v) is 13.3. The minimum Gasteiger partial charge on any atom is -0.379 e. The second-order valence-corrected chi connectivity index (χ2v) is 6.22. The fourth-order valence-corrected chi connectivity index (χ4v) is 2.30. The quantitative estimate of drug-likeness (QED) is 0.630. The highest BCUT2D eigenvalue weighted by atomic mass is 16.5. The lowest BCUT2D eigenvalue weighted by atomic mass is 10.1. The van der Waals surface area contributed by atoms with Crippen molar-refractivity contribution in [3.8, 4) is 0 Å². The van der Waals surface area contributed by atoms with Crippen molar-refractivity contribution >= 4 is 0 Å². The molecule has 1 saturated heterocycles. The lowest BCUT2D eigenvalue weighted by molar-refractivity contribution is 0.0212. The third-order valence-electron chi connectivity index (χ3n) is 3.59. The molecule has 0 aromatic rings. The topological polar surface area (TPSA) is 24.9 Å². The van der Waals surface area contributed by atoms with Crippen LogP contribution in [0.5, 0.6) is 0 Å². The summed E-state index contributed by atoms with van der Waals surface area (Å²) in [5, 5.41) is 0. The second kappa shape index (κ2) is 8.90. The summed E-state index contributed by atoms with van der Waals surface area (Å²) in [7, 11) is 0. The Morgan fingerprint density at radius 3 is 1.95 bits per heavy atom. The number of nitrogens with zero attached hydrogens (tertiary/aromatic N) is 2. The first-order valence-electron chi connectivity index (χ1n) is 7.67. The zero-order chi connectivity index (χ0) is 14.1. The van der Waals surface area contributed by atoms with Gasteiger partial charge in [0.2, 0.25) is 0 Å². The molecule has 4 heteroatoms. The van der Waals surface area contributed by atoms with Crippen LogP contribution in [0.2, 0.25) is 0 Å². The van der Waals surface area contributed by atoms with Crippen molar-refractivity contribution in [2.75, 3.05) is 59.2 Å². The molecule has 1 aliphatic heterocycles. The fraction of sp³-hybridized carbons (Fsp3) is 1.00. The first kappa shape index (κ1) is 16.9. The van der Waals surface area contributed by atoms with E-state index in [1.165, 1.54) is 13.1 Å². The summed E-state index contributed by atoms with van der Waals surface area (Å²) < 4.78 is 11.0. The highest BCUT2D eigenvalue weighted by Gasteiger charge is 2.25. The summed E-state index contributed by atoms with van der Waals surface area (Å²) in [6.07, 6.45) is 1.08. The normalized spacial score (nSPS) is 18.9. The van der Waals surface area contributed by atoms with E-state index in [4.69, 9.17) is 9.47 Å². The van der Waals surface area contributed by atoms with E-state index in [-0.39, 0.29) is 0 Å². The van der Waals surface area contributed by atoms with Crippen molar-refractivity contribution in [3.05, 3.63) is 0 Å². The van der Waals surface area contributed by atoms with Gasteiger partial charge in [-0.2, -0.15) is 0 Å². The molecule has 0 unspecified atom stereocenters. The molecule has 4 nitrogen and oxygen atoms in total. The summed E-state index contributed by atoms with van der Waals surface area (Å²) >= 11 is 0. The molecule has 0 atom stereocenters. The van der Waals surface area contributed by atoms with Gasteiger partial charge >= 0.3 is 0 Å². The van der Waals surface area contributed by atoms with E-state index in [1.54, 1.807) is 0 Å². The Bertz CT molecular complexity index is 221. The van der Waals surface area contributed by atoms with Crippen LogP contribution in [0.25, 0.3) is 0 Å². The molecule has 0 aromatic heterocycles. The van der Waals surface area contributed by atoms with Crippen LogP contribution in [0.15, 0.2) is 0 Å². The number of hydrogen-bond acceptors (Lipinski definition) is 4. The molecule has 0 bridgehead atoms. The molecule has 0 radical (unpaired) electrons. The molecule has 114 valence electrons. The number of ether oxygens (including phenoxy) is 2. The second-order valence-electron chi connectivity index (χ2n) is 6.22. The molecule has 0 saturated carbocycles. The molecule has 0 amide bonds. The summed E-state index contributed by atoms with van der Waals surface area (Å²) in [6.45, 7) is 17.8. The van der Waals surface area contributed by atoms with Crippen molar-refractivity contribution < 1.29 is 9.47 Å². The van der Waals surface area contributed by atoms with E-state index in [2.05, 4.69) is 37.5 Å². The van der Waals surface area contributed by atoms with E-state index < -0.39 is 0 Å². The van der Waals surface area contributed by atoms with Gasteiger partial charge in [-0.15, -0.1) is 0 Å². The van der Waals surface area contributed by atoms with Crippen LogP contribution >= 0.6 is 0 Å². The smallest absolute Gasteiger partial charge is 0.0701 e. The summed E-state index contributed by atoms with van der Waals surface area (Å²) in [5.74, 6) is 0. The van der Waals surface area contributed by atoms with E-state index in [0.29, 0.717) is 5.54 Å². The Morgan fingerprint density at radius 2 is 1.42 bits per heavy atom. The minimum atomic E-state index is 0.305. The number of hydrogen-bond donors (Lipinski definition) is 0. The Kier molecular flexibility index (Phi) is 7.91. The third kappa shape index (κ3) is 7.25. The summed E-state index contributed by atoms with van der Waals surface area (Å²) in [6, 6.07) is 0. The molecule has 0 aliphatic carbocycles. The van der Waals surface area contributed by atoms with Crippen LogP contribution in [0, 0.1) is 0 Å². The SMILES string of the molecule is CCCOCCOCCN1CCN(C(C)(C)C)CC1. The minimum absolute atomic E-state index is 0.305. The highest BCUT2D eigenvalue weighted by molar-refractivity contribution is 4.81. The van der Waals surface area contributed by atoms with Gasteiger partial charge in [-0.25, -0.2) is 0 Å². The molecule has 1 aliphatic rings. The average Bonchev–Trinajstić information content (AvgIpc) is 2.37. The largest absolute Gasteiger partial charge is 0.379 e. The van der Waals surface area contributed by atoms with Crippen LogP contribution < -0.4 is 0 Å². The predicted molar refractivity (Wildman–Crippen MR) is 79.7 cm³/mol. The van der Waals surface area contributed by atoms with Gasteiger partial charge in [0.05, 0.1) is 19.8 Å². The van der Waals surface area contributed by atoms with E-state index in [1.807, 2.05) is 0 Å². The maximum Gasteiger partial charge on any atom is 0.0701 e. The first-order chi connectivity index (χ1) is 9.04. The van der Waals surface area contributed by atoms with Gasteiger partial charge in [0.1, 0.15) is 0 Å². The molecule has 0 N–H and O–H groups in total. The summed E-state index contributed by atoms with van der Waals surface area (Å²) in [4.78, 5) is 5.05. The maximum atomic E-state index is 5.60. The van der Waals surface area contributed by atoms with Crippen LogP contribution in [0.1, 0.15) is 34.1 Å². The number of piperazine rings is 1. The molecular weight excluding hydrogens is 240 g/mol. The van der Waals surface area contributed by atoms with Crippen LogP contribution in [0.3, 0.4) is 0 Å². The van der Waals surface area contributed by atoms with Crippen LogP contribution in [-0.4, -0.2) is 74.5 Å². The fourth-order valence-electron chi connectivity index (χ4n) is 2.30. The zero-order valence-electron chi connectivity index (χ0n) is 13.3. The highest BCUT2D eigenvalue weighted by Crippen LogP contribution is 2.15. The molecule has 0 aromatic carbocycles. The van der Waals surface area contributed by atoms with Gasteiger partial charge < -0.3 is 9.47 Å². The van der Waals surface area contributed by atoms with Gasteiger partial charge in [0.15, 0.2) is 0 Å². The lowest BCUT2D eigenvalue weighted by Crippen LogP contribution is -2.53. The maximum absolute atomic E-state index is 5.60. The Labute approximate surface area is 119 Å². The molecular formula is C15H32N2O2. The number of rotatable bonds is 8. The van der Waals surface area contributed by atoms with Crippen molar-refractivity contribution in [1.29, 1.82) is 0 Å². The first-order valence-corrected chi connectivity index (χ1v) is 7.67. The van der Waals surface area contributed by atoms with Gasteiger partial charge in [-0.05, 0) is 27.2 Å². The van der Waals surface area contributed by atoms with Gasteiger partial charge in [-0.3, -0.25) is 9.80 Å². The molecule has 1 heterocycles. The van der Waals surface area contributed by atoms with Gasteiger partial charge in [0, 0.05) is 44.9 Å². The van der Waals surface area contributed by atoms with Crippen LogP contribution in [0.4, 0.5) is 0 Å². The van der Waals surface area contributed by atoms with Crippen molar-refractivity contribution in [3.63, 3.8) is 0 Å². The molecule has 19 heavy (non-hydrogen) atoms.